The minimum absolute atomic E-state index is 1.07. The molecule has 0 aromatic carbocycles. The molecule has 0 fully saturated rings. The van der Waals surface area contributed by atoms with Gasteiger partial charge in [0.05, 0.1) is 39.8 Å². The third kappa shape index (κ3) is 1.00. The summed E-state index contributed by atoms with van der Waals surface area (Å²) >= 11 is 0. The third-order valence-corrected chi connectivity index (χ3v) is 4.06. The number of aryl methyl sites for hydroxylation is 1. The molecule has 0 bridgehead atoms. The molecule has 20 heavy (non-hydrogen) atoms. The number of nitrogens with one attached hydrogen (secondary N) is 1. The molecule has 0 spiro atoms. The van der Waals surface area contributed by atoms with Crippen molar-refractivity contribution in [2.24, 2.45) is 7.05 Å². The number of fused-ring (bicyclic) bond motifs is 7. The van der Waals surface area contributed by atoms with Gasteiger partial charge in [-0.25, -0.2) is 0 Å². The van der Waals surface area contributed by atoms with Gasteiger partial charge < -0.3 is 9.55 Å². The fourth-order valence-electron chi connectivity index (χ4n) is 3.18. The Kier molecular flexibility index (Phi) is 1.60. The topological polar surface area (TPSA) is 50.9 Å². The van der Waals surface area contributed by atoms with E-state index in [2.05, 4.69) is 43.2 Å². The van der Waals surface area contributed by atoms with E-state index in [9.17, 15) is 0 Å². The minimum atomic E-state index is 1.07. The zero-order chi connectivity index (χ0) is 13.3. The molecule has 0 aliphatic rings. The highest BCUT2D eigenvalue weighted by molar-refractivity contribution is 6.15. The number of aromatic nitrogens is 5. The zero-order valence-corrected chi connectivity index (χ0v) is 10.8. The molecule has 0 aliphatic carbocycles. The van der Waals surface area contributed by atoms with Gasteiger partial charge in [-0.15, -0.1) is 0 Å². The van der Waals surface area contributed by atoms with Crippen LogP contribution in [0.4, 0.5) is 0 Å². The first-order chi connectivity index (χ1) is 9.84. The molecule has 0 saturated heterocycles. The number of H-pyrrole nitrogens is 1. The van der Waals surface area contributed by atoms with Crippen LogP contribution in [0.3, 0.4) is 0 Å². The van der Waals surface area contributed by atoms with Crippen LogP contribution in [0.2, 0.25) is 0 Å². The molecular weight excluding hydrogens is 250 g/mol. The summed E-state index contributed by atoms with van der Waals surface area (Å²) in [4.78, 5) is 11.8. The molecule has 0 radical (unpaired) electrons. The Morgan fingerprint density at radius 2 is 1.85 bits per heavy atom. The van der Waals surface area contributed by atoms with Crippen LogP contribution < -0.4 is 0 Å². The smallest absolute Gasteiger partial charge is 0.127 e. The lowest BCUT2D eigenvalue weighted by Crippen LogP contribution is -1.87. The van der Waals surface area contributed by atoms with E-state index in [0.29, 0.717) is 0 Å². The molecule has 0 unspecified atom stereocenters. The lowest BCUT2D eigenvalue weighted by atomic mass is 10.2. The third-order valence-electron chi connectivity index (χ3n) is 4.06. The SMILES string of the molecule is Cn1c2cnccc2n2cc3[nH]c4cnccc4c3c12. The second-order valence-corrected chi connectivity index (χ2v) is 5.08. The Hall–Kier alpha value is -2.82. The van der Waals surface area contributed by atoms with E-state index in [-0.39, 0.29) is 0 Å². The number of aromatic amines is 1. The van der Waals surface area contributed by atoms with Crippen LogP contribution in [-0.4, -0.2) is 23.9 Å². The lowest BCUT2D eigenvalue weighted by Gasteiger charge is -1.95. The first-order valence-electron chi connectivity index (χ1n) is 6.49. The Bertz CT molecular complexity index is 1110. The van der Waals surface area contributed by atoms with Crippen molar-refractivity contribution in [3.8, 4) is 0 Å². The summed E-state index contributed by atoms with van der Waals surface area (Å²) in [5.74, 6) is 0. The van der Waals surface area contributed by atoms with Crippen molar-refractivity contribution >= 4 is 38.5 Å². The predicted octanol–water partition coefficient (Wildman–Crippen LogP) is 2.86. The summed E-state index contributed by atoms with van der Waals surface area (Å²) in [6, 6.07) is 4.11. The van der Waals surface area contributed by atoms with Crippen LogP contribution in [-0.2, 0) is 7.05 Å². The fraction of sp³-hybridized carbons (Fsp3) is 0.0667. The largest absolute Gasteiger partial charge is 0.352 e. The summed E-state index contributed by atoms with van der Waals surface area (Å²) in [5, 5.41) is 2.44. The van der Waals surface area contributed by atoms with Gasteiger partial charge in [-0.1, -0.05) is 0 Å². The average Bonchev–Trinajstić information content (AvgIpc) is 3.08. The van der Waals surface area contributed by atoms with Crippen LogP contribution in [0.15, 0.2) is 43.1 Å². The molecule has 5 heteroatoms. The van der Waals surface area contributed by atoms with Gasteiger partial charge in [-0.05, 0) is 12.1 Å². The normalized spacial score (nSPS) is 12.2. The quantitative estimate of drug-likeness (QED) is 0.466. The van der Waals surface area contributed by atoms with E-state index in [1.165, 1.54) is 21.9 Å². The molecule has 5 nitrogen and oxygen atoms in total. The van der Waals surface area contributed by atoms with Crippen molar-refractivity contribution < 1.29 is 0 Å². The van der Waals surface area contributed by atoms with E-state index in [0.717, 1.165) is 16.6 Å². The first-order valence-corrected chi connectivity index (χ1v) is 6.49. The van der Waals surface area contributed by atoms with Crippen LogP contribution in [0, 0.1) is 0 Å². The second kappa shape index (κ2) is 3.19. The maximum Gasteiger partial charge on any atom is 0.127 e. The van der Waals surface area contributed by atoms with E-state index in [4.69, 9.17) is 0 Å². The van der Waals surface area contributed by atoms with Gasteiger partial charge >= 0.3 is 0 Å². The van der Waals surface area contributed by atoms with Crippen molar-refractivity contribution in [1.82, 2.24) is 23.9 Å². The number of nitrogens with zero attached hydrogens (tertiary/aromatic N) is 4. The van der Waals surface area contributed by atoms with Gasteiger partial charge in [0.2, 0.25) is 0 Å². The van der Waals surface area contributed by atoms with Gasteiger partial charge in [0.25, 0.3) is 0 Å². The van der Waals surface area contributed by atoms with E-state index in [1.54, 1.807) is 0 Å². The van der Waals surface area contributed by atoms with Gasteiger partial charge in [-0.3, -0.25) is 14.4 Å². The number of pyridine rings is 2. The molecule has 96 valence electrons. The molecule has 5 rings (SSSR count). The zero-order valence-electron chi connectivity index (χ0n) is 10.8. The molecule has 0 saturated carbocycles. The number of hydrogen-bond donors (Lipinski definition) is 1. The Morgan fingerprint density at radius 3 is 2.80 bits per heavy atom. The van der Waals surface area contributed by atoms with Gasteiger partial charge in [0, 0.05) is 31.0 Å². The number of rotatable bonds is 0. The highest BCUT2D eigenvalue weighted by Gasteiger charge is 2.16. The predicted molar refractivity (Wildman–Crippen MR) is 78.8 cm³/mol. The van der Waals surface area contributed by atoms with Crippen LogP contribution in [0.5, 0.6) is 0 Å². The first kappa shape index (κ1) is 10.0. The Morgan fingerprint density at radius 1 is 1.00 bits per heavy atom. The maximum absolute atomic E-state index is 4.23. The van der Waals surface area contributed by atoms with E-state index < -0.39 is 0 Å². The molecule has 0 atom stereocenters. The summed E-state index contributed by atoms with van der Waals surface area (Å²) < 4.78 is 4.41. The highest BCUT2D eigenvalue weighted by atomic mass is 15.1. The van der Waals surface area contributed by atoms with Crippen LogP contribution in [0.25, 0.3) is 38.5 Å². The molecule has 1 N–H and O–H groups in total. The maximum atomic E-state index is 4.23. The summed E-state index contributed by atoms with van der Waals surface area (Å²) in [7, 11) is 2.08. The van der Waals surface area contributed by atoms with E-state index in [1.807, 2.05) is 30.9 Å². The lowest BCUT2D eigenvalue weighted by molar-refractivity contribution is 0.995. The van der Waals surface area contributed by atoms with Gasteiger partial charge in [0.1, 0.15) is 5.65 Å². The van der Waals surface area contributed by atoms with Crippen molar-refractivity contribution in [3.05, 3.63) is 43.1 Å². The van der Waals surface area contributed by atoms with Crippen molar-refractivity contribution in [2.75, 3.05) is 0 Å². The van der Waals surface area contributed by atoms with Gasteiger partial charge in [-0.2, -0.15) is 0 Å². The molecular formula is C15H11N5. The Balaban J connectivity index is 2.16. The fourth-order valence-corrected chi connectivity index (χ4v) is 3.18. The van der Waals surface area contributed by atoms with Crippen molar-refractivity contribution in [1.29, 1.82) is 0 Å². The van der Waals surface area contributed by atoms with Crippen molar-refractivity contribution in [2.45, 2.75) is 0 Å². The minimum Gasteiger partial charge on any atom is -0.352 e. The molecule has 0 aliphatic heterocycles. The highest BCUT2D eigenvalue weighted by Crippen LogP contribution is 2.33. The average molecular weight is 261 g/mol. The molecule has 5 aromatic heterocycles. The summed E-state index contributed by atoms with van der Waals surface area (Å²) in [6.45, 7) is 0. The van der Waals surface area contributed by atoms with Crippen LogP contribution >= 0.6 is 0 Å². The molecule has 5 heterocycles. The molecule has 5 aromatic rings. The summed E-state index contributed by atoms with van der Waals surface area (Å²) in [5.41, 5.74) is 5.69. The second-order valence-electron chi connectivity index (χ2n) is 5.08. The van der Waals surface area contributed by atoms with E-state index >= 15 is 0 Å². The molecule has 0 amide bonds. The van der Waals surface area contributed by atoms with Gasteiger partial charge in [0.15, 0.2) is 0 Å². The Labute approximate surface area is 113 Å². The van der Waals surface area contributed by atoms with Crippen LogP contribution in [0.1, 0.15) is 0 Å². The number of hydrogen-bond acceptors (Lipinski definition) is 2. The van der Waals surface area contributed by atoms with Crippen molar-refractivity contribution in [3.63, 3.8) is 0 Å². The standard InChI is InChI=1S/C15H11N5/c1-19-13-7-17-5-3-12(13)20-8-11-14(15(19)20)9-2-4-16-6-10(9)18-11/h2-8,18H,1H3. The summed E-state index contributed by atoms with van der Waals surface area (Å²) in [6.07, 6.45) is 9.59. The monoisotopic (exact) mass is 261 g/mol. The number of imidazole rings is 1.